The number of carbonyl (C=O) groups is 1. The van der Waals surface area contributed by atoms with Crippen molar-refractivity contribution in [3.8, 4) is 0 Å². The van der Waals surface area contributed by atoms with Crippen LogP contribution in [0.4, 0.5) is 5.69 Å². The average molecular weight is 348 g/mol. The molecule has 0 fully saturated rings. The zero-order valence-corrected chi connectivity index (χ0v) is 14.4. The van der Waals surface area contributed by atoms with Crippen molar-refractivity contribution in [3.63, 3.8) is 0 Å². The predicted molar refractivity (Wildman–Crippen MR) is 92.6 cm³/mol. The van der Waals surface area contributed by atoms with E-state index in [1.54, 1.807) is 37.3 Å². The van der Waals surface area contributed by atoms with E-state index in [1.165, 1.54) is 12.1 Å². The van der Waals surface area contributed by atoms with Crippen molar-refractivity contribution in [2.24, 2.45) is 0 Å². The van der Waals surface area contributed by atoms with Gasteiger partial charge in [-0.2, -0.15) is 0 Å². The third-order valence-corrected chi connectivity index (χ3v) is 4.84. The van der Waals surface area contributed by atoms with Gasteiger partial charge in [-0.1, -0.05) is 23.8 Å². The van der Waals surface area contributed by atoms with Gasteiger partial charge in [0.2, 0.25) is 0 Å². The molecule has 128 valence electrons. The molecule has 0 aliphatic heterocycles. The largest absolute Gasteiger partial charge is 0.395 e. The molecule has 6 nitrogen and oxygen atoms in total. The van der Waals surface area contributed by atoms with Crippen molar-refractivity contribution in [2.45, 2.75) is 18.7 Å². The van der Waals surface area contributed by atoms with Crippen LogP contribution in [0.1, 0.15) is 21.5 Å². The maximum Gasteiger partial charge on any atom is 0.261 e. The van der Waals surface area contributed by atoms with Gasteiger partial charge in [-0.05, 0) is 43.7 Å². The first-order valence-electron chi connectivity index (χ1n) is 7.42. The summed E-state index contributed by atoms with van der Waals surface area (Å²) in [5.74, 6) is -0.422. The topological polar surface area (TPSA) is 95.5 Å². The number of hydrogen-bond acceptors (Lipinski definition) is 4. The van der Waals surface area contributed by atoms with Crippen LogP contribution in [0, 0.1) is 13.8 Å². The second kappa shape index (κ2) is 7.46. The van der Waals surface area contributed by atoms with E-state index in [9.17, 15) is 13.2 Å². The van der Waals surface area contributed by atoms with E-state index >= 15 is 0 Å². The number of carbonyl (C=O) groups excluding carboxylic acids is 1. The fourth-order valence-electron chi connectivity index (χ4n) is 2.11. The lowest BCUT2D eigenvalue weighted by atomic mass is 10.1. The van der Waals surface area contributed by atoms with Crippen molar-refractivity contribution >= 4 is 21.6 Å². The van der Waals surface area contributed by atoms with Crippen LogP contribution < -0.4 is 10.0 Å². The first kappa shape index (κ1) is 18.0. The van der Waals surface area contributed by atoms with E-state index in [0.717, 1.165) is 5.56 Å². The fraction of sp³-hybridized carbons (Fsp3) is 0.235. The number of anilines is 1. The van der Waals surface area contributed by atoms with Crippen LogP contribution in [0.5, 0.6) is 0 Å². The number of aliphatic hydroxyl groups is 1. The summed E-state index contributed by atoms with van der Waals surface area (Å²) in [5.41, 5.74) is 2.39. The number of hydrogen-bond donors (Lipinski definition) is 3. The molecule has 0 heterocycles. The van der Waals surface area contributed by atoms with Crippen LogP contribution in [-0.4, -0.2) is 32.6 Å². The first-order valence-corrected chi connectivity index (χ1v) is 8.91. The van der Waals surface area contributed by atoms with Crippen molar-refractivity contribution in [1.29, 1.82) is 0 Å². The van der Waals surface area contributed by atoms with Gasteiger partial charge in [0.15, 0.2) is 0 Å². The van der Waals surface area contributed by atoms with E-state index in [1.807, 2.05) is 6.92 Å². The van der Waals surface area contributed by atoms with E-state index in [2.05, 4.69) is 10.0 Å². The van der Waals surface area contributed by atoms with E-state index in [-0.39, 0.29) is 23.6 Å². The predicted octanol–water partition coefficient (Wildman–Crippen LogP) is 1.83. The van der Waals surface area contributed by atoms with Gasteiger partial charge in [-0.15, -0.1) is 0 Å². The summed E-state index contributed by atoms with van der Waals surface area (Å²) in [6.07, 6.45) is 0. The van der Waals surface area contributed by atoms with Crippen LogP contribution in [0.25, 0.3) is 0 Å². The molecule has 3 N–H and O–H groups in total. The van der Waals surface area contributed by atoms with Crippen LogP contribution in [-0.2, 0) is 10.0 Å². The molecule has 2 aromatic carbocycles. The van der Waals surface area contributed by atoms with Gasteiger partial charge in [0.25, 0.3) is 15.9 Å². The van der Waals surface area contributed by atoms with Crippen molar-refractivity contribution in [1.82, 2.24) is 5.32 Å². The Kier molecular flexibility index (Phi) is 5.58. The van der Waals surface area contributed by atoms with Gasteiger partial charge in [-0.3, -0.25) is 9.52 Å². The fourth-order valence-corrected chi connectivity index (χ4v) is 3.20. The Balaban J connectivity index is 2.30. The SMILES string of the molecule is Cc1ccc(NS(=O)(=O)c2ccc(C)c(C(=O)NCCO)c2)cc1. The third-order valence-electron chi connectivity index (χ3n) is 3.47. The summed E-state index contributed by atoms with van der Waals surface area (Å²) in [5, 5.41) is 11.3. The Morgan fingerprint density at radius 1 is 1.08 bits per heavy atom. The molecule has 0 unspecified atom stereocenters. The Morgan fingerprint density at radius 2 is 1.75 bits per heavy atom. The van der Waals surface area contributed by atoms with Crippen LogP contribution >= 0.6 is 0 Å². The number of aryl methyl sites for hydroxylation is 2. The Morgan fingerprint density at radius 3 is 2.38 bits per heavy atom. The molecule has 0 spiro atoms. The summed E-state index contributed by atoms with van der Waals surface area (Å²) in [6, 6.07) is 11.3. The van der Waals surface area contributed by atoms with Crippen molar-refractivity contribution < 1.29 is 18.3 Å². The summed E-state index contributed by atoms with van der Waals surface area (Å²) in [4.78, 5) is 12.1. The van der Waals surface area contributed by atoms with E-state index in [4.69, 9.17) is 5.11 Å². The number of amides is 1. The summed E-state index contributed by atoms with van der Waals surface area (Å²) in [7, 11) is -3.80. The number of benzene rings is 2. The van der Waals surface area contributed by atoms with Crippen molar-refractivity contribution in [3.05, 3.63) is 59.2 Å². The lowest BCUT2D eigenvalue weighted by Crippen LogP contribution is -2.27. The van der Waals surface area contributed by atoms with Gasteiger partial charge in [-0.25, -0.2) is 8.42 Å². The lowest BCUT2D eigenvalue weighted by Gasteiger charge is -2.11. The Labute approximate surface area is 141 Å². The van der Waals surface area contributed by atoms with Gasteiger partial charge in [0.1, 0.15) is 0 Å². The molecule has 1 amide bonds. The summed E-state index contributed by atoms with van der Waals surface area (Å²) in [6.45, 7) is 3.56. The van der Waals surface area contributed by atoms with Crippen LogP contribution in [0.2, 0.25) is 0 Å². The smallest absolute Gasteiger partial charge is 0.261 e. The van der Waals surface area contributed by atoms with Gasteiger partial charge < -0.3 is 10.4 Å². The molecular formula is C17H20N2O4S. The lowest BCUT2D eigenvalue weighted by molar-refractivity contribution is 0.0944. The van der Waals surface area contributed by atoms with Gasteiger partial charge in [0.05, 0.1) is 11.5 Å². The first-order chi connectivity index (χ1) is 11.3. The average Bonchev–Trinajstić information content (AvgIpc) is 2.54. The van der Waals surface area contributed by atoms with Gasteiger partial charge in [0, 0.05) is 17.8 Å². The van der Waals surface area contributed by atoms with E-state index < -0.39 is 15.9 Å². The van der Waals surface area contributed by atoms with Gasteiger partial charge >= 0.3 is 0 Å². The quantitative estimate of drug-likeness (QED) is 0.742. The molecule has 2 rings (SSSR count). The highest BCUT2D eigenvalue weighted by Crippen LogP contribution is 2.19. The molecule has 0 saturated heterocycles. The molecule has 0 bridgehead atoms. The minimum atomic E-state index is -3.80. The highest BCUT2D eigenvalue weighted by atomic mass is 32.2. The number of nitrogens with one attached hydrogen (secondary N) is 2. The number of sulfonamides is 1. The molecule has 0 aromatic heterocycles. The van der Waals surface area contributed by atoms with Crippen LogP contribution in [0.3, 0.4) is 0 Å². The highest BCUT2D eigenvalue weighted by Gasteiger charge is 2.18. The second-order valence-electron chi connectivity index (χ2n) is 5.43. The maximum absolute atomic E-state index is 12.5. The zero-order valence-electron chi connectivity index (χ0n) is 13.5. The normalized spacial score (nSPS) is 11.1. The molecule has 0 radical (unpaired) electrons. The Hall–Kier alpha value is -2.38. The molecule has 0 aliphatic carbocycles. The minimum absolute atomic E-state index is 0.00261. The molecule has 0 atom stereocenters. The monoisotopic (exact) mass is 348 g/mol. The molecular weight excluding hydrogens is 328 g/mol. The third kappa shape index (κ3) is 4.33. The summed E-state index contributed by atoms with van der Waals surface area (Å²) < 4.78 is 27.5. The molecule has 7 heteroatoms. The second-order valence-corrected chi connectivity index (χ2v) is 7.11. The highest BCUT2D eigenvalue weighted by molar-refractivity contribution is 7.92. The minimum Gasteiger partial charge on any atom is -0.395 e. The summed E-state index contributed by atoms with van der Waals surface area (Å²) >= 11 is 0. The number of rotatable bonds is 6. The Bertz CT molecular complexity index is 830. The molecule has 24 heavy (non-hydrogen) atoms. The molecule has 0 saturated carbocycles. The standard InChI is InChI=1S/C17H20N2O4S/c1-12-3-6-14(7-4-12)19-24(22,23)15-8-5-13(2)16(11-15)17(21)18-9-10-20/h3-8,11,19-20H,9-10H2,1-2H3,(H,18,21). The maximum atomic E-state index is 12.5. The van der Waals surface area contributed by atoms with Crippen LogP contribution in [0.15, 0.2) is 47.4 Å². The molecule has 0 aliphatic rings. The van der Waals surface area contributed by atoms with E-state index in [0.29, 0.717) is 11.3 Å². The molecule has 2 aromatic rings. The zero-order chi connectivity index (χ0) is 17.7. The number of aliphatic hydroxyl groups excluding tert-OH is 1. The van der Waals surface area contributed by atoms with Crippen molar-refractivity contribution in [2.75, 3.05) is 17.9 Å².